The summed E-state index contributed by atoms with van der Waals surface area (Å²) in [6.45, 7) is 6.88. The van der Waals surface area contributed by atoms with Crippen molar-refractivity contribution in [3.05, 3.63) is 0 Å². The molecule has 1 heterocycles. The summed E-state index contributed by atoms with van der Waals surface area (Å²) in [4.78, 5) is 6.82. The van der Waals surface area contributed by atoms with E-state index in [9.17, 15) is 0 Å². The standard InChI is InChI=1S/C11H22N2/c1-2-12-8-7-11-13-9-5-3-4-6-10-13/h2H,3-11H2,1H3. The van der Waals surface area contributed by atoms with Gasteiger partial charge in [0, 0.05) is 6.54 Å². The van der Waals surface area contributed by atoms with Gasteiger partial charge in [0.2, 0.25) is 0 Å². The van der Waals surface area contributed by atoms with E-state index in [1.807, 2.05) is 13.1 Å². The molecule has 13 heavy (non-hydrogen) atoms. The van der Waals surface area contributed by atoms with Crippen LogP contribution in [0.2, 0.25) is 0 Å². The van der Waals surface area contributed by atoms with Crippen molar-refractivity contribution < 1.29 is 0 Å². The molecule has 0 atom stereocenters. The van der Waals surface area contributed by atoms with Gasteiger partial charge in [0.15, 0.2) is 0 Å². The predicted octanol–water partition coefficient (Wildman–Crippen LogP) is 2.34. The highest BCUT2D eigenvalue weighted by Crippen LogP contribution is 2.09. The summed E-state index contributed by atoms with van der Waals surface area (Å²) in [5, 5.41) is 0. The van der Waals surface area contributed by atoms with Crippen molar-refractivity contribution in [2.45, 2.75) is 39.0 Å². The first kappa shape index (κ1) is 10.7. The Bertz CT molecular complexity index is 135. The predicted molar refractivity (Wildman–Crippen MR) is 58.6 cm³/mol. The second-order valence-corrected chi connectivity index (χ2v) is 3.77. The summed E-state index contributed by atoms with van der Waals surface area (Å²) < 4.78 is 0. The van der Waals surface area contributed by atoms with Gasteiger partial charge in [0.1, 0.15) is 0 Å². The summed E-state index contributed by atoms with van der Waals surface area (Å²) >= 11 is 0. The molecule has 2 heteroatoms. The Morgan fingerprint density at radius 2 is 1.85 bits per heavy atom. The normalized spacial score (nSPS) is 20.7. The second kappa shape index (κ2) is 7.07. The van der Waals surface area contributed by atoms with Crippen molar-refractivity contribution in [3.63, 3.8) is 0 Å². The molecule has 0 unspecified atom stereocenters. The lowest BCUT2D eigenvalue weighted by atomic mass is 10.2. The van der Waals surface area contributed by atoms with Crippen LogP contribution in [0.3, 0.4) is 0 Å². The minimum absolute atomic E-state index is 1.01. The highest BCUT2D eigenvalue weighted by atomic mass is 15.1. The molecule has 0 saturated carbocycles. The number of aliphatic imine (C=N–C) groups is 1. The van der Waals surface area contributed by atoms with Crippen molar-refractivity contribution in [1.82, 2.24) is 4.90 Å². The molecule has 1 aliphatic rings. The summed E-state index contributed by atoms with van der Waals surface area (Å²) in [6, 6.07) is 0. The van der Waals surface area contributed by atoms with Crippen molar-refractivity contribution in [1.29, 1.82) is 0 Å². The Morgan fingerprint density at radius 3 is 2.46 bits per heavy atom. The smallest absolute Gasteiger partial charge is 0.0397 e. The van der Waals surface area contributed by atoms with Crippen LogP contribution in [0.5, 0.6) is 0 Å². The lowest BCUT2D eigenvalue weighted by molar-refractivity contribution is 0.283. The summed E-state index contributed by atoms with van der Waals surface area (Å²) in [5.74, 6) is 0. The van der Waals surface area contributed by atoms with Crippen molar-refractivity contribution in [2.75, 3.05) is 26.2 Å². The molecule has 1 rings (SSSR count). The average molecular weight is 182 g/mol. The topological polar surface area (TPSA) is 15.6 Å². The van der Waals surface area contributed by atoms with Gasteiger partial charge in [-0.1, -0.05) is 12.8 Å². The molecule has 0 spiro atoms. The molecular weight excluding hydrogens is 160 g/mol. The van der Waals surface area contributed by atoms with Gasteiger partial charge in [-0.05, 0) is 52.0 Å². The van der Waals surface area contributed by atoms with Crippen molar-refractivity contribution in [2.24, 2.45) is 4.99 Å². The van der Waals surface area contributed by atoms with E-state index in [2.05, 4.69) is 9.89 Å². The highest BCUT2D eigenvalue weighted by molar-refractivity contribution is 5.53. The van der Waals surface area contributed by atoms with Crippen LogP contribution >= 0.6 is 0 Å². The largest absolute Gasteiger partial charge is 0.303 e. The molecule has 1 fully saturated rings. The fraction of sp³-hybridized carbons (Fsp3) is 0.909. The fourth-order valence-electron chi connectivity index (χ4n) is 1.87. The SMILES string of the molecule is CC=NCCCN1CCCCCC1. The van der Waals surface area contributed by atoms with Crippen LogP contribution in [0.25, 0.3) is 0 Å². The molecule has 0 radical (unpaired) electrons. The maximum atomic E-state index is 4.23. The van der Waals surface area contributed by atoms with E-state index in [0.717, 1.165) is 6.54 Å². The van der Waals surface area contributed by atoms with Crippen LogP contribution in [0, 0.1) is 0 Å². The van der Waals surface area contributed by atoms with Gasteiger partial charge < -0.3 is 4.90 Å². The van der Waals surface area contributed by atoms with Gasteiger partial charge in [-0.15, -0.1) is 0 Å². The van der Waals surface area contributed by atoms with E-state index in [1.165, 1.54) is 51.7 Å². The van der Waals surface area contributed by atoms with Gasteiger partial charge in [-0.3, -0.25) is 4.99 Å². The molecule has 0 aromatic carbocycles. The molecule has 1 saturated heterocycles. The van der Waals surface area contributed by atoms with Crippen LogP contribution in [0.15, 0.2) is 4.99 Å². The minimum Gasteiger partial charge on any atom is -0.303 e. The third kappa shape index (κ3) is 5.04. The van der Waals surface area contributed by atoms with Gasteiger partial charge in [-0.2, -0.15) is 0 Å². The zero-order valence-corrected chi connectivity index (χ0v) is 8.84. The number of likely N-dealkylation sites (tertiary alicyclic amines) is 1. The third-order valence-corrected chi connectivity index (χ3v) is 2.64. The molecule has 0 N–H and O–H groups in total. The number of hydrogen-bond donors (Lipinski definition) is 0. The molecule has 0 aliphatic carbocycles. The van der Waals surface area contributed by atoms with Crippen LogP contribution in [-0.4, -0.2) is 37.3 Å². The first-order valence-electron chi connectivity index (χ1n) is 5.60. The molecule has 1 aliphatic heterocycles. The zero-order chi connectivity index (χ0) is 9.36. The summed E-state index contributed by atoms with van der Waals surface area (Å²) in [7, 11) is 0. The fourth-order valence-corrected chi connectivity index (χ4v) is 1.87. The molecule has 0 bridgehead atoms. The first-order valence-corrected chi connectivity index (χ1v) is 5.60. The van der Waals surface area contributed by atoms with E-state index in [4.69, 9.17) is 0 Å². The Kier molecular flexibility index (Phi) is 5.83. The molecule has 0 aromatic rings. The van der Waals surface area contributed by atoms with E-state index in [1.54, 1.807) is 0 Å². The highest BCUT2D eigenvalue weighted by Gasteiger charge is 2.07. The Hall–Kier alpha value is -0.370. The lowest BCUT2D eigenvalue weighted by Crippen LogP contribution is -2.26. The quantitative estimate of drug-likeness (QED) is 0.481. The Morgan fingerprint density at radius 1 is 1.15 bits per heavy atom. The number of nitrogens with zero attached hydrogens (tertiary/aromatic N) is 2. The summed E-state index contributed by atoms with van der Waals surface area (Å²) in [5.41, 5.74) is 0. The maximum absolute atomic E-state index is 4.23. The van der Waals surface area contributed by atoms with Crippen molar-refractivity contribution in [3.8, 4) is 0 Å². The van der Waals surface area contributed by atoms with E-state index < -0.39 is 0 Å². The molecular formula is C11H22N2. The molecule has 2 nitrogen and oxygen atoms in total. The minimum atomic E-state index is 1.01. The van der Waals surface area contributed by atoms with Gasteiger partial charge in [-0.25, -0.2) is 0 Å². The van der Waals surface area contributed by atoms with Gasteiger partial charge in [0.05, 0.1) is 0 Å². The monoisotopic (exact) mass is 182 g/mol. The maximum Gasteiger partial charge on any atom is 0.0397 e. The Balaban J connectivity index is 2.04. The third-order valence-electron chi connectivity index (χ3n) is 2.64. The first-order chi connectivity index (χ1) is 6.43. The average Bonchev–Trinajstić information content (AvgIpc) is 2.41. The van der Waals surface area contributed by atoms with Crippen LogP contribution in [0.1, 0.15) is 39.0 Å². The number of rotatable bonds is 4. The lowest BCUT2D eigenvalue weighted by Gasteiger charge is -2.18. The second-order valence-electron chi connectivity index (χ2n) is 3.77. The van der Waals surface area contributed by atoms with Crippen molar-refractivity contribution >= 4 is 6.21 Å². The van der Waals surface area contributed by atoms with Crippen LogP contribution in [0.4, 0.5) is 0 Å². The zero-order valence-electron chi connectivity index (χ0n) is 8.84. The molecule has 0 amide bonds. The van der Waals surface area contributed by atoms with Gasteiger partial charge in [0.25, 0.3) is 0 Å². The molecule has 0 aromatic heterocycles. The van der Waals surface area contributed by atoms with Crippen LogP contribution in [-0.2, 0) is 0 Å². The van der Waals surface area contributed by atoms with Crippen LogP contribution < -0.4 is 0 Å². The van der Waals surface area contributed by atoms with E-state index in [-0.39, 0.29) is 0 Å². The molecule has 76 valence electrons. The number of hydrogen-bond acceptors (Lipinski definition) is 2. The van der Waals surface area contributed by atoms with E-state index in [0.29, 0.717) is 0 Å². The van der Waals surface area contributed by atoms with E-state index >= 15 is 0 Å². The Labute approximate surface area is 82.0 Å². The summed E-state index contributed by atoms with van der Waals surface area (Å²) in [6.07, 6.45) is 8.80. The van der Waals surface area contributed by atoms with Gasteiger partial charge >= 0.3 is 0 Å².